The summed E-state index contributed by atoms with van der Waals surface area (Å²) in [6, 6.07) is 16.6. The molecule has 166 valence electrons. The van der Waals surface area contributed by atoms with Gasteiger partial charge in [-0.25, -0.2) is 14.4 Å². The van der Waals surface area contributed by atoms with Crippen molar-refractivity contribution in [3.63, 3.8) is 0 Å². The molecular formula is C25H27FN4O2. The Morgan fingerprint density at radius 3 is 2.47 bits per heavy atom. The molecule has 0 aliphatic carbocycles. The first-order valence-corrected chi connectivity index (χ1v) is 10.7. The van der Waals surface area contributed by atoms with E-state index in [0.717, 1.165) is 17.1 Å². The number of nitrogens with zero attached hydrogens (tertiary/aromatic N) is 4. The molecule has 1 fully saturated rings. The summed E-state index contributed by atoms with van der Waals surface area (Å²) in [7, 11) is 1.53. The molecule has 0 unspecified atom stereocenters. The van der Waals surface area contributed by atoms with Crippen molar-refractivity contribution in [1.82, 2.24) is 14.9 Å². The van der Waals surface area contributed by atoms with Gasteiger partial charge in [-0.3, -0.25) is 4.79 Å². The molecule has 1 aromatic heterocycles. The van der Waals surface area contributed by atoms with Crippen LogP contribution in [0.2, 0.25) is 0 Å². The van der Waals surface area contributed by atoms with Crippen molar-refractivity contribution in [3.8, 4) is 11.4 Å². The van der Waals surface area contributed by atoms with Crippen LogP contribution < -0.4 is 4.90 Å². The maximum atomic E-state index is 13.8. The number of aromatic nitrogens is 2. The molecule has 4 rings (SSSR count). The van der Waals surface area contributed by atoms with Crippen LogP contribution in [-0.4, -0.2) is 60.7 Å². The fraction of sp³-hybridized carbons (Fsp3) is 0.320. The third-order valence-electron chi connectivity index (χ3n) is 5.70. The van der Waals surface area contributed by atoms with Crippen LogP contribution in [0.3, 0.4) is 0 Å². The van der Waals surface area contributed by atoms with Crippen molar-refractivity contribution in [2.45, 2.75) is 13.3 Å². The van der Waals surface area contributed by atoms with Gasteiger partial charge in [0.2, 0.25) is 5.91 Å². The number of amides is 1. The van der Waals surface area contributed by atoms with Crippen molar-refractivity contribution in [1.29, 1.82) is 0 Å². The first-order chi connectivity index (χ1) is 15.5. The van der Waals surface area contributed by atoms with E-state index in [1.165, 1.54) is 24.8 Å². The molecule has 0 atom stereocenters. The zero-order chi connectivity index (χ0) is 22.5. The molecule has 32 heavy (non-hydrogen) atoms. The molecule has 2 aromatic carbocycles. The van der Waals surface area contributed by atoms with E-state index < -0.39 is 0 Å². The SMILES string of the molecule is COCC(=O)N1CCN(c2nc(-c3cccc(F)c3)nc(C)c2Cc2ccccc2)CC1. The van der Waals surface area contributed by atoms with Gasteiger partial charge in [-0.05, 0) is 24.6 Å². The average molecular weight is 435 g/mol. The Bertz CT molecular complexity index is 1080. The number of halogens is 1. The summed E-state index contributed by atoms with van der Waals surface area (Å²) in [5, 5.41) is 0. The van der Waals surface area contributed by atoms with Crippen LogP contribution in [-0.2, 0) is 16.0 Å². The standard InChI is InChI=1S/C25H27FN4O2/c1-18-22(15-19-7-4-3-5-8-19)25(28-24(27-18)20-9-6-10-21(26)16-20)30-13-11-29(12-14-30)23(31)17-32-2/h3-10,16H,11-15,17H2,1-2H3. The third-order valence-corrected chi connectivity index (χ3v) is 5.70. The lowest BCUT2D eigenvalue weighted by molar-refractivity contribution is -0.135. The third kappa shape index (κ3) is 4.94. The smallest absolute Gasteiger partial charge is 0.248 e. The number of benzene rings is 2. The van der Waals surface area contributed by atoms with Gasteiger partial charge in [-0.1, -0.05) is 42.5 Å². The van der Waals surface area contributed by atoms with Gasteiger partial charge in [0.25, 0.3) is 0 Å². The molecule has 0 radical (unpaired) electrons. The number of hydrogen-bond donors (Lipinski definition) is 0. The van der Waals surface area contributed by atoms with E-state index in [4.69, 9.17) is 14.7 Å². The highest BCUT2D eigenvalue weighted by Gasteiger charge is 2.25. The summed E-state index contributed by atoms with van der Waals surface area (Å²) in [6.07, 6.45) is 0.703. The Morgan fingerprint density at radius 1 is 1.03 bits per heavy atom. The number of carbonyl (C=O) groups excluding carboxylic acids is 1. The maximum Gasteiger partial charge on any atom is 0.248 e. The van der Waals surface area contributed by atoms with Gasteiger partial charge in [0, 0.05) is 56.5 Å². The molecule has 0 spiro atoms. The van der Waals surface area contributed by atoms with Crippen LogP contribution in [0.25, 0.3) is 11.4 Å². The van der Waals surface area contributed by atoms with Crippen molar-refractivity contribution in [2.24, 2.45) is 0 Å². The highest BCUT2D eigenvalue weighted by atomic mass is 19.1. The lowest BCUT2D eigenvalue weighted by Crippen LogP contribution is -2.50. The fourth-order valence-corrected chi connectivity index (χ4v) is 3.99. The van der Waals surface area contributed by atoms with Gasteiger partial charge in [-0.2, -0.15) is 0 Å². The molecule has 1 aliphatic rings. The minimum Gasteiger partial charge on any atom is -0.375 e. The van der Waals surface area contributed by atoms with Gasteiger partial charge < -0.3 is 14.5 Å². The highest BCUT2D eigenvalue weighted by molar-refractivity contribution is 5.77. The first kappa shape index (κ1) is 21.9. The molecule has 2 heterocycles. The number of aryl methyl sites for hydroxylation is 1. The molecule has 3 aromatic rings. The first-order valence-electron chi connectivity index (χ1n) is 10.7. The molecule has 7 heteroatoms. The fourth-order valence-electron chi connectivity index (χ4n) is 3.99. The van der Waals surface area contributed by atoms with E-state index in [9.17, 15) is 9.18 Å². The second-order valence-corrected chi connectivity index (χ2v) is 7.91. The Morgan fingerprint density at radius 2 is 1.78 bits per heavy atom. The van der Waals surface area contributed by atoms with Crippen LogP contribution in [0.15, 0.2) is 54.6 Å². The van der Waals surface area contributed by atoms with Crippen LogP contribution in [0.4, 0.5) is 10.2 Å². The molecule has 1 aliphatic heterocycles. The van der Waals surface area contributed by atoms with Crippen LogP contribution in [0.1, 0.15) is 16.8 Å². The summed E-state index contributed by atoms with van der Waals surface area (Å²) < 4.78 is 18.8. The van der Waals surface area contributed by atoms with E-state index in [2.05, 4.69) is 17.0 Å². The number of anilines is 1. The molecule has 6 nitrogen and oxygen atoms in total. The number of piperazine rings is 1. The van der Waals surface area contributed by atoms with Gasteiger partial charge in [0.15, 0.2) is 5.82 Å². The number of ether oxygens (including phenoxy) is 1. The number of hydrogen-bond acceptors (Lipinski definition) is 5. The molecule has 0 saturated carbocycles. The lowest BCUT2D eigenvalue weighted by Gasteiger charge is -2.36. The minimum absolute atomic E-state index is 0.00373. The highest BCUT2D eigenvalue weighted by Crippen LogP contribution is 2.28. The molecular weight excluding hydrogens is 407 g/mol. The van der Waals surface area contributed by atoms with Crippen molar-refractivity contribution >= 4 is 11.7 Å². The largest absolute Gasteiger partial charge is 0.375 e. The quantitative estimate of drug-likeness (QED) is 0.595. The Hall–Kier alpha value is -3.32. The number of carbonyl (C=O) groups is 1. The van der Waals surface area contributed by atoms with Crippen molar-refractivity contribution in [3.05, 3.63) is 77.2 Å². The van der Waals surface area contributed by atoms with Crippen LogP contribution >= 0.6 is 0 Å². The minimum atomic E-state index is -0.316. The van der Waals surface area contributed by atoms with Crippen LogP contribution in [0, 0.1) is 12.7 Å². The monoisotopic (exact) mass is 434 g/mol. The Balaban J connectivity index is 1.68. The van der Waals surface area contributed by atoms with Crippen molar-refractivity contribution in [2.75, 3.05) is 44.8 Å². The predicted octanol–water partition coefficient (Wildman–Crippen LogP) is 3.48. The van der Waals surface area contributed by atoms with Gasteiger partial charge in [0.05, 0.1) is 0 Å². The normalized spacial score (nSPS) is 14.0. The summed E-state index contributed by atoms with van der Waals surface area (Å²) in [6.45, 7) is 4.60. The molecule has 0 N–H and O–H groups in total. The van der Waals surface area contributed by atoms with Crippen molar-refractivity contribution < 1.29 is 13.9 Å². The van der Waals surface area contributed by atoms with E-state index in [1.54, 1.807) is 6.07 Å². The number of methoxy groups -OCH3 is 1. The predicted molar refractivity (Wildman–Crippen MR) is 122 cm³/mol. The zero-order valence-electron chi connectivity index (χ0n) is 18.4. The summed E-state index contributed by atoms with van der Waals surface area (Å²) in [4.78, 5) is 25.8. The second-order valence-electron chi connectivity index (χ2n) is 7.91. The molecule has 1 amide bonds. The van der Waals surface area contributed by atoms with Gasteiger partial charge in [0.1, 0.15) is 18.2 Å². The van der Waals surface area contributed by atoms with Gasteiger partial charge >= 0.3 is 0 Å². The van der Waals surface area contributed by atoms with E-state index in [-0.39, 0.29) is 18.3 Å². The van der Waals surface area contributed by atoms with Gasteiger partial charge in [-0.15, -0.1) is 0 Å². The zero-order valence-corrected chi connectivity index (χ0v) is 18.4. The van der Waals surface area contributed by atoms with E-state index >= 15 is 0 Å². The molecule has 0 bridgehead atoms. The summed E-state index contributed by atoms with van der Waals surface area (Å²) >= 11 is 0. The lowest BCUT2D eigenvalue weighted by atomic mass is 10.0. The summed E-state index contributed by atoms with van der Waals surface area (Å²) in [5.41, 5.74) is 3.74. The average Bonchev–Trinajstić information content (AvgIpc) is 2.81. The second kappa shape index (κ2) is 9.87. The Kier molecular flexibility index (Phi) is 6.75. The summed E-state index contributed by atoms with van der Waals surface area (Å²) in [5.74, 6) is 1.03. The van der Waals surface area contributed by atoms with E-state index in [0.29, 0.717) is 44.0 Å². The number of rotatable bonds is 6. The molecule has 1 saturated heterocycles. The topological polar surface area (TPSA) is 58.6 Å². The van der Waals surface area contributed by atoms with Crippen LogP contribution in [0.5, 0.6) is 0 Å². The Labute approximate surface area is 187 Å². The maximum absolute atomic E-state index is 13.8. The van der Waals surface area contributed by atoms with E-state index in [1.807, 2.05) is 36.1 Å².